The van der Waals surface area contributed by atoms with Crippen LogP contribution in [0.1, 0.15) is 18.4 Å². The molecule has 0 aromatic heterocycles. The zero-order chi connectivity index (χ0) is 16.8. The molecule has 126 valence electrons. The number of amides is 1. The van der Waals surface area contributed by atoms with Crippen molar-refractivity contribution in [2.24, 2.45) is 5.92 Å². The lowest BCUT2D eigenvalue weighted by molar-refractivity contribution is -0.134. The summed E-state index contributed by atoms with van der Waals surface area (Å²) in [6, 6.07) is 2.52. The maximum Gasteiger partial charge on any atom is 0.226 e. The fourth-order valence-corrected chi connectivity index (χ4v) is 4.99. The normalized spacial score (nSPS) is 29.9. The first kappa shape index (κ1) is 16.3. The fourth-order valence-electron chi connectivity index (χ4n) is 3.26. The molecule has 2 unspecified atom stereocenters. The lowest BCUT2D eigenvalue weighted by Gasteiger charge is -2.23. The maximum atomic E-state index is 15.0. The molecule has 2 aliphatic rings. The molecule has 0 spiro atoms. The first-order valence-corrected chi connectivity index (χ1v) is 9.15. The monoisotopic (exact) mass is 347 g/mol. The maximum absolute atomic E-state index is 15.0. The second-order valence-electron chi connectivity index (χ2n) is 6.23. The second kappa shape index (κ2) is 5.51. The highest BCUT2D eigenvalue weighted by Crippen LogP contribution is 2.38. The number of benzene rings is 1. The SMILES string of the molecule is O=C(C1CCS(=O)(=O)C1)N1CCC(F)(c2cc(F)cc(F)c2)C1. The summed E-state index contributed by atoms with van der Waals surface area (Å²) in [6.45, 7) is -0.213. The van der Waals surface area contributed by atoms with Crippen LogP contribution in [0.3, 0.4) is 0 Å². The summed E-state index contributed by atoms with van der Waals surface area (Å²) < 4.78 is 64.5. The van der Waals surface area contributed by atoms with E-state index in [1.54, 1.807) is 0 Å². The third-order valence-corrected chi connectivity index (χ3v) is 6.26. The Morgan fingerprint density at radius 3 is 2.43 bits per heavy atom. The van der Waals surface area contributed by atoms with Crippen molar-refractivity contribution in [1.29, 1.82) is 0 Å². The van der Waals surface area contributed by atoms with E-state index in [4.69, 9.17) is 0 Å². The van der Waals surface area contributed by atoms with E-state index < -0.39 is 39.0 Å². The number of rotatable bonds is 2. The van der Waals surface area contributed by atoms with Gasteiger partial charge in [-0.15, -0.1) is 0 Å². The molecule has 2 heterocycles. The minimum atomic E-state index is -3.20. The Kier molecular flexibility index (Phi) is 3.90. The van der Waals surface area contributed by atoms with Gasteiger partial charge < -0.3 is 4.90 Å². The van der Waals surface area contributed by atoms with Crippen LogP contribution in [0, 0.1) is 17.6 Å². The molecule has 1 aromatic rings. The number of alkyl halides is 1. The largest absolute Gasteiger partial charge is 0.339 e. The van der Waals surface area contributed by atoms with E-state index in [0.717, 1.165) is 12.1 Å². The number of sulfone groups is 1. The van der Waals surface area contributed by atoms with Crippen molar-refractivity contribution in [1.82, 2.24) is 4.90 Å². The number of hydrogen-bond donors (Lipinski definition) is 0. The smallest absolute Gasteiger partial charge is 0.226 e. The van der Waals surface area contributed by atoms with Crippen LogP contribution in [0.15, 0.2) is 18.2 Å². The summed E-state index contributed by atoms with van der Waals surface area (Å²) in [7, 11) is -3.20. The van der Waals surface area contributed by atoms with Crippen LogP contribution < -0.4 is 0 Å². The van der Waals surface area contributed by atoms with E-state index in [2.05, 4.69) is 0 Å². The molecule has 0 N–H and O–H groups in total. The van der Waals surface area contributed by atoms with Gasteiger partial charge in [0.2, 0.25) is 5.91 Å². The Hall–Kier alpha value is -1.57. The third-order valence-electron chi connectivity index (χ3n) is 4.49. The zero-order valence-electron chi connectivity index (χ0n) is 12.3. The number of likely N-dealkylation sites (tertiary alicyclic amines) is 1. The number of carbonyl (C=O) groups is 1. The number of hydrogen-bond acceptors (Lipinski definition) is 3. The van der Waals surface area contributed by atoms with E-state index >= 15 is 4.39 Å². The van der Waals surface area contributed by atoms with Crippen LogP contribution >= 0.6 is 0 Å². The number of carbonyl (C=O) groups excluding carboxylic acids is 1. The first-order chi connectivity index (χ1) is 10.7. The van der Waals surface area contributed by atoms with Gasteiger partial charge in [0.25, 0.3) is 0 Å². The number of halogens is 3. The third kappa shape index (κ3) is 3.22. The highest BCUT2D eigenvalue weighted by atomic mass is 32.2. The average molecular weight is 347 g/mol. The molecule has 1 aromatic carbocycles. The van der Waals surface area contributed by atoms with Crippen molar-refractivity contribution in [3.63, 3.8) is 0 Å². The van der Waals surface area contributed by atoms with Crippen LogP contribution in [0.5, 0.6) is 0 Å². The molecule has 1 amide bonds. The predicted molar refractivity (Wildman–Crippen MR) is 77.1 cm³/mol. The molecule has 8 heteroatoms. The van der Waals surface area contributed by atoms with Crippen molar-refractivity contribution in [3.05, 3.63) is 35.4 Å². The van der Waals surface area contributed by atoms with Crippen molar-refractivity contribution in [3.8, 4) is 0 Å². The molecule has 2 atom stereocenters. The minimum Gasteiger partial charge on any atom is -0.339 e. The zero-order valence-corrected chi connectivity index (χ0v) is 13.1. The summed E-state index contributed by atoms with van der Waals surface area (Å²) in [4.78, 5) is 13.6. The van der Waals surface area contributed by atoms with Gasteiger partial charge in [-0.1, -0.05) is 0 Å². The summed E-state index contributed by atoms with van der Waals surface area (Å²) in [6.07, 6.45) is 0.173. The summed E-state index contributed by atoms with van der Waals surface area (Å²) >= 11 is 0. The van der Waals surface area contributed by atoms with Crippen LogP contribution in [0.2, 0.25) is 0 Å². The van der Waals surface area contributed by atoms with Gasteiger partial charge in [-0.3, -0.25) is 4.79 Å². The highest BCUT2D eigenvalue weighted by molar-refractivity contribution is 7.91. The predicted octanol–water partition coefficient (Wildman–Crippen LogP) is 1.80. The van der Waals surface area contributed by atoms with Crippen molar-refractivity contribution >= 4 is 15.7 Å². The molecule has 23 heavy (non-hydrogen) atoms. The molecule has 2 fully saturated rings. The van der Waals surface area contributed by atoms with E-state index in [1.807, 2.05) is 0 Å². The second-order valence-corrected chi connectivity index (χ2v) is 8.46. The van der Waals surface area contributed by atoms with Crippen LogP contribution in [0.4, 0.5) is 13.2 Å². The average Bonchev–Trinajstić information content (AvgIpc) is 3.01. The van der Waals surface area contributed by atoms with Crippen molar-refractivity contribution < 1.29 is 26.4 Å². The van der Waals surface area contributed by atoms with Gasteiger partial charge in [-0.25, -0.2) is 21.6 Å². The Balaban J connectivity index is 1.76. The topological polar surface area (TPSA) is 54.5 Å². The molecule has 4 nitrogen and oxygen atoms in total. The van der Waals surface area contributed by atoms with Gasteiger partial charge in [0.1, 0.15) is 11.6 Å². The molecule has 0 bridgehead atoms. The quantitative estimate of drug-likeness (QED) is 0.820. The van der Waals surface area contributed by atoms with Gasteiger partial charge in [0.15, 0.2) is 15.5 Å². The van der Waals surface area contributed by atoms with Gasteiger partial charge in [-0.05, 0) is 24.1 Å². The highest BCUT2D eigenvalue weighted by Gasteiger charge is 2.45. The summed E-state index contributed by atoms with van der Waals surface area (Å²) in [5.41, 5.74) is -2.15. The molecule has 0 radical (unpaired) electrons. The Bertz CT molecular complexity index is 732. The molecular weight excluding hydrogens is 331 g/mol. The standard InChI is InChI=1S/C15H16F3NO3S/c16-12-5-11(6-13(17)7-12)15(18)2-3-19(9-15)14(20)10-1-4-23(21,22)8-10/h5-7,10H,1-4,8-9H2. The molecule has 2 aliphatic heterocycles. The lowest BCUT2D eigenvalue weighted by atomic mass is 9.94. The van der Waals surface area contributed by atoms with Gasteiger partial charge in [0, 0.05) is 19.0 Å². The van der Waals surface area contributed by atoms with E-state index in [-0.39, 0.29) is 43.0 Å². The van der Waals surface area contributed by atoms with Crippen LogP contribution in [-0.4, -0.2) is 43.8 Å². The van der Waals surface area contributed by atoms with E-state index in [9.17, 15) is 22.0 Å². The Morgan fingerprint density at radius 2 is 1.87 bits per heavy atom. The molecule has 2 saturated heterocycles. The Morgan fingerprint density at radius 1 is 1.22 bits per heavy atom. The van der Waals surface area contributed by atoms with Crippen molar-refractivity contribution in [2.75, 3.05) is 24.6 Å². The molecule has 0 aliphatic carbocycles. The Labute approximate surface area is 132 Å². The fraction of sp³-hybridized carbons (Fsp3) is 0.533. The van der Waals surface area contributed by atoms with Gasteiger partial charge in [-0.2, -0.15) is 0 Å². The molecule has 0 saturated carbocycles. The van der Waals surface area contributed by atoms with Crippen LogP contribution in [0.25, 0.3) is 0 Å². The van der Waals surface area contributed by atoms with Crippen LogP contribution in [-0.2, 0) is 20.3 Å². The first-order valence-electron chi connectivity index (χ1n) is 7.33. The lowest BCUT2D eigenvalue weighted by Crippen LogP contribution is -2.37. The molecular formula is C15H16F3NO3S. The van der Waals surface area contributed by atoms with E-state index in [0.29, 0.717) is 6.07 Å². The summed E-state index contributed by atoms with van der Waals surface area (Å²) in [5.74, 6) is -3.04. The van der Waals surface area contributed by atoms with Crippen molar-refractivity contribution in [2.45, 2.75) is 18.5 Å². The van der Waals surface area contributed by atoms with Gasteiger partial charge >= 0.3 is 0 Å². The van der Waals surface area contributed by atoms with Gasteiger partial charge in [0.05, 0.1) is 24.0 Å². The molecule has 3 rings (SSSR count). The number of nitrogens with zero attached hydrogens (tertiary/aromatic N) is 1. The minimum absolute atomic E-state index is 0.0346. The summed E-state index contributed by atoms with van der Waals surface area (Å²) in [5, 5.41) is 0. The van der Waals surface area contributed by atoms with E-state index in [1.165, 1.54) is 4.90 Å².